The van der Waals surface area contributed by atoms with Crippen molar-refractivity contribution < 1.29 is 45.4 Å². The first-order chi connectivity index (χ1) is 24.6. The third-order valence-corrected chi connectivity index (χ3v) is 10.2. The van der Waals surface area contributed by atoms with E-state index < -0.39 is 58.8 Å². The number of carboxylic acid groups (broad SMARTS) is 1. The number of nitrogens with zero attached hydrogens (tertiary/aromatic N) is 3. The number of nitrogen functional groups attached to an aromatic ring is 1. The van der Waals surface area contributed by atoms with Gasteiger partial charge in [0.05, 0.1) is 39.6 Å². The van der Waals surface area contributed by atoms with E-state index in [2.05, 4.69) is 20.4 Å². The summed E-state index contributed by atoms with van der Waals surface area (Å²) in [4.78, 5) is 38.2. The molecule has 0 fully saturated rings. The maximum atomic E-state index is 13.6. The molecule has 0 radical (unpaired) electrons. The number of unbranched alkanes of at least 4 members (excludes halogenated alkanes) is 4. The molecule has 0 amide bonds. The molecule has 0 spiro atoms. The van der Waals surface area contributed by atoms with E-state index in [1.54, 1.807) is 12.1 Å². The van der Waals surface area contributed by atoms with Crippen molar-refractivity contribution in [2.75, 3.05) is 29.5 Å². The van der Waals surface area contributed by atoms with Crippen molar-refractivity contribution in [3.05, 3.63) is 95.1 Å². The Balaban J connectivity index is 1.38. The molecule has 0 heterocycles. The monoisotopic (exact) mass is 749 g/mol. The van der Waals surface area contributed by atoms with E-state index in [0.29, 0.717) is 12.1 Å². The van der Waals surface area contributed by atoms with E-state index in [1.165, 1.54) is 36.4 Å². The van der Waals surface area contributed by atoms with E-state index in [1.807, 2.05) is 19.2 Å². The van der Waals surface area contributed by atoms with Crippen LogP contribution in [0.25, 0.3) is 0 Å². The summed E-state index contributed by atoms with van der Waals surface area (Å²) in [6.07, 6.45) is 4.62. The number of aliphatic carboxylic acids is 1. The van der Waals surface area contributed by atoms with Crippen LogP contribution in [0.3, 0.4) is 0 Å². The number of rotatable bonds is 15. The van der Waals surface area contributed by atoms with Crippen LogP contribution in [0.15, 0.2) is 92.8 Å². The van der Waals surface area contributed by atoms with Crippen molar-refractivity contribution >= 4 is 71.9 Å². The van der Waals surface area contributed by atoms with Crippen molar-refractivity contribution in [2.24, 2.45) is 10.2 Å². The highest BCUT2D eigenvalue weighted by Crippen LogP contribution is 2.41. The third-order valence-electron chi connectivity index (χ3n) is 8.45. The Bertz CT molecular complexity index is 2310. The summed E-state index contributed by atoms with van der Waals surface area (Å²) in [6.45, 7) is 0.798. The van der Waals surface area contributed by atoms with Gasteiger partial charge in [-0.05, 0) is 61.4 Å². The molecule has 4 aromatic carbocycles. The molecule has 0 atom stereocenters. The predicted molar refractivity (Wildman–Crippen MR) is 193 cm³/mol. The van der Waals surface area contributed by atoms with Crippen LogP contribution in [0.1, 0.15) is 70.4 Å². The smallest absolute Gasteiger partial charge is 0.303 e. The maximum Gasteiger partial charge on any atom is 0.303 e. The fourth-order valence-electron chi connectivity index (χ4n) is 5.81. The van der Waals surface area contributed by atoms with E-state index in [9.17, 15) is 40.3 Å². The average molecular weight is 750 g/mol. The normalized spacial score (nSPS) is 12.8. The number of hydrogen-bond donors (Lipinski definition) is 5. The zero-order valence-corrected chi connectivity index (χ0v) is 29.4. The largest absolute Gasteiger partial charge is 0.481 e. The number of hydrogen-bond acceptors (Lipinski definition) is 12. The molecule has 0 aromatic heterocycles. The Hall–Kier alpha value is -5.49. The lowest BCUT2D eigenvalue weighted by Crippen LogP contribution is -2.25. The van der Waals surface area contributed by atoms with Gasteiger partial charge in [0, 0.05) is 36.8 Å². The van der Waals surface area contributed by atoms with E-state index in [-0.39, 0.29) is 40.2 Å². The van der Waals surface area contributed by atoms with Gasteiger partial charge in [0.2, 0.25) is 0 Å². The molecule has 0 unspecified atom stereocenters. The predicted octanol–water partition coefficient (Wildman–Crippen LogP) is 6.56. The molecular weight excluding hydrogens is 715 g/mol. The SMILES string of the molecule is CN(CCCCCCCC(=O)O)c1ccc(/N=N/c2ccc(Nc3cc(S(=O)(=O)O)c(N)c4c3C(=O)c3ccccc3C4=O)c(S(=O)(=O)O)c2)cc1. The van der Waals surface area contributed by atoms with Crippen molar-refractivity contribution in [3.63, 3.8) is 0 Å². The molecule has 0 aliphatic heterocycles. The van der Waals surface area contributed by atoms with Gasteiger partial charge in [0.25, 0.3) is 20.2 Å². The molecule has 4 aromatic rings. The van der Waals surface area contributed by atoms with Crippen molar-refractivity contribution in [1.29, 1.82) is 0 Å². The molecule has 0 bridgehead atoms. The number of nitrogens with two attached hydrogens (primary N) is 1. The quantitative estimate of drug-likeness (QED) is 0.0330. The van der Waals surface area contributed by atoms with Gasteiger partial charge < -0.3 is 21.1 Å². The van der Waals surface area contributed by atoms with Gasteiger partial charge in [-0.15, -0.1) is 0 Å². The Morgan fingerprint density at radius 1 is 0.731 bits per heavy atom. The van der Waals surface area contributed by atoms with Crippen LogP contribution in [-0.2, 0) is 25.0 Å². The van der Waals surface area contributed by atoms with Gasteiger partial charge in [-0.3, -0.25) is 23.5 Å². The van der Waals surface area contributed by atoms with Crippen LogP contribution in [0.2, 0.25) is 0 Å². The van der Waals surface area contributed by atoms with Gasteiger partial charge in [0.15, 0.2) is 11.6 Å². The first-order valence-electron chi connectivity index (χ1n) is 16.0. The van der Waals surface area contributed by atoms with E-state index >= 15 is 0 Å². The van der Waals surface area contributed by atoms with Crippen LogP contribution in [0.4, 0.5) is 34.1 Å². The van der Waals surface area contributed by atoms with Gasteiger partial charge in [-0.1, -0.05) is 43.5 Å². The fraction of sp³-hybridized carbons (Fsp3) is 0.229. The lowest BCUT2D eigenvalue weighted by Gasteiger charge is -2.24. The van der Waals surface area contributed by atoms with Crippen LogP contribution < -0.4 is 16.0 Å². The van der Waals surface area contributed by atoms with Crippen molar-refractivity contribution in [2.45, 2.75) is 48.3 Å². The second-order valence-electron chi connectivity index (χ2n) is 12.1. The highest BCUT2D eigenvalue weighted by molar-refractivity contribution is 7.86. The Kier molecular flexibility index (Phi) is 11.2. The second-order valence-corrected chi connectivity index (χ2v) is 14.9. The van der Waals surface area contributed by atoms with Gasteiger partial charge >= 0.3 is 5.97 Å². The van der Waals surface area contributed by atoms with E-state index in [4.69, 9.17) is 10.8 Å². The number of nitrogens with one attached hydrogen (secondary N) is 1. The van der Waals surface area contributed by atoms with Crippen molar-refractivity contribution in [1.82, 2.24) is 0 Å². The zero-order chi connectivity index (χ0) is 37.8. The number of azo groups is 1. The number of ketones is 2. The van der Waals surface area contributed by atoms with Crippen LogP contribution in [0, 0.1) is 0 Å². The lowest BCUT2D eigenvalue weighted by molar-refractivity contribution is -0.137. The number of benzene rings is 4. The van der Waals surface area contributed by atoms with E-state index in [0.717, 1.165) is 50.0 Å². The highest BCUT2D eigenvalue weighted by atomic mass is 32.2. The summed E-state index contributed by atoms with van der Waals surface area (Å²) in [5, 5.41) is 19.6. The first kappa shape index (κ1) is 37.8. The van der Waals surface area contributed by atoms with Crippen LogP contribution >= 0.6 is 0 Å². The molecule has 15 nitrogen and oxygen atoms in total. The topological polar surface area (TPSA) is 246 Å². The molecule has 1 aliphatic rings. The summed E-state index contributed by atoms with van der Waals surface area (Å²) < 4.78 is 69.6. The molecule has 17 heteroatoms. The lowest BCUT2D eigenvalue weighted by atomic mass is 9.82. The average Bonchev–Trinajstić information content (AvgIpc) is 3.09. The number of fused-ring (bicyclic) bond motifs is 2. The third kappa shape index (κ3) is 8.51. The molecule has 1 aliphatic carbocycles. The summed E-state index contributed by atoms with van der Waals surface area (Å²) >= 11 is 0. The summed E-state index contributed by atoms with van der Waals surface area (Å²) in [6, 6.07) is 17.2. The summed E-state index contributed by atoms with van der Waals surface area (Å²) in [5.41, 5.74) is 5.15. The second kappa shape index (κ2) is 15.4. The minimum atomic E-state index is -5.04. The first-order valence-corrected chi connectivity index (χ1v) is 18.9. The number of carbonyl (C=O) groups excluding carboxylic acids is 2. The molecule has 0 saturated carbocycles. The van der Waals surface area contributed by atoms with Crippen molar-refractivity contribution in [3.8, 4) is 0 Å². The minimum absolute atomic E-state index is 0.00535. The molecule has 6 N–H and O–H groups in total. The maximum absolute atomic E-state index is 13.6. The molecule has 52 heavy (non-hydrogen) atoms. The zero-order valence-electron chi connectivity index (χ0n) is 27.8. The fourth-order valence-corrected chi connectivity index (χ4v) is 7.13. The number of carbonyl (C=O) groups is 3. The van der Waals surface area contributed by atoms with Gasteiger partial charge in [-0.2, -0.15) is 27.1 Å². The molecule has 0 saturated heterocycles. The van der Waals surface area contributed by atoms with Gasteiger partial charge in [-0.25, -0.2) is 0 Å². The Labute approximate surface area is 299 Å². The minimum Gasteiger partial charge on any atom is -0.481 e. The Morgan fingerprint density at radius 3 is 1.90 bits per heavy atom. The summed E-state index contributed by atoms with van der Waals surface area (Å²) in [5.74, 6) is -2.29. The van der Waals surface area contributed by atoms with Gasteiger partial charge in [0.1, 0.15) is 9.79 Å². The Morgan fingerprint density at radius 2 is 1.29 bits per heavy atom. The summed E-state index contributed by atoms with van der Waals surface area (Å²) in [7, 11) is -8.06. The highest BCUT2D eigenvalue weighted by Gasteiger charge is 2.36. The molecular formula is C35H35N5O10S2. The standard InChI is InChI=1S/C35H35N5O10S2/c1-40(18-8-4-2-3-5-11-30(41)42)23-15-12-21(13-16-23)38-39-22-14-17-26(28(19-22)51(45,46)47)37-27-20-29(52(48,49)50)33(36)32-31(27)34(43)24-9-6-7-10-25(24)35(32)44/h6-7,9-10,12-17,19-20,37H,2-5,8,11,18,36H2,1H3,(H,41,42)(H,45,46,47)(H,48,49,50)/b39-38+. The van der Waals surface area contributed by atoms with Crippen LogP contribution in [-0.4, -0.2) is 62.2 Å². The number of anilines is 4. The molecule has 272 valence electrons. The van der Waals surface area contributed by atoms with Crippen LogP contribution in [0.5, 0.6) is 0 Å². The number of carboxylic acids is 1. The molecule has 5 rings (SSSR count).